The van der Waals surface area contributed by atoms with E-state index in [2.05, 4.69) is 4.90 Å². The molecule has 0 unspecified atom stereocenters. The molecule has 0 aromatic rings. The summed E-state index contributed by atoms with van der Waals surface area (Å²) < 4.78 is 37.4. The third kappa shape index (κ3) is 6.65. The van der Waals surface area contributed by atoms with Crippen LogP contribution < -0.4 is 0 Å². The molecule has 1 amide bonds. The second kappa shape index (κ2) is 7.98. The molecule has 0 aliphatic carbocycles. The first-order valence-corrected chi connectivity index (χ1v) is 7.46. The Kier molecular flexibility index (Phi) is 6.93. The van der Waals surface area contributed by atoms with Crippen LogP contribution in [0.5, 0.6) is 0 Å². The maximum absolute atomic E-state index is 12.5. The minimum Gasteiger partial charge on any atom is -0.340 e. The third-order valence-corrected chi connectivity index (χ3v) is 3.86. The monoisotopic (exact) mass is 309 g/mol. The van der Waals surface area contributed by atoms with E-state index in [9.17, 15) is 18.0 Å². The third-order valence-electron chi connectivity index (χ3n) is 3.86. The first-order chi connectivity index (χ1) is 9.73. The zero-order valence-corrected chi connectivity index (χ0v) is 13.1. The molecule has 1 heterocycles. The number of likely N-dealkylation sites (N-methyl/N-ethyl adjacent to an activating group) is 2. The number of hydrogen-bond donors (Lipinski definition) is 0. The van der Waals surface area contributed by atoms with E-state index in [1.807, 2.05) is 25.9 Å². The predicted octanol–water partition coefficient (Wildman–Crippen LogP) is 1.81. The number of likely N-dealkylation sites (tertiary alicyclic amines) is 1. The van der Waals surface area contributed by atoms with Crippen molar-refractivity contribution in [2.75, 3.05) is 46.8 Å². The lowest BCUT2D eigenvalue weighted by atomic mass is 10.2. The fraction of sp³-hybridized carbons (Fsp3) is 0.929. The highest BCUT2D eigenvalue weighted by Gasteiger charge is 2.35. The molecule has 1 atom stereocenters. The van der Waals surface area contributed by atoms with Gasteiger partial charge in [0, 0.05) is 25.7 Å². The predicted molar refractivity (Wildman–Crippen MR) is 76.1 cm³/mol. The highest BCUT2D eigenvalue weighted by Crippen LogP contribution is 2.22. The normalized spacial score (nSPS) is 20.2. The number of carbonyl (C=O) groups excluding carboxylic acids is 1. The molecule has 124 valence electrons. The number of hydrogen-bond acceptors (Lipinski definition) is 3. The van der Waals surface area contributed by atoms with Crippen molar-refractivity contribution in [3.05, 3.63) is 0 Å². The molecule has 1 rings (SSSR count). The van der Waals surface area contributed by atoms with Gasteiger partial charge in [0.1, 0.15) is 6.42 Å². The Morgan fingerprint density at radius 3 is 2.48 bits per heavy atom. The Balaban J connectivity index is 2.65. The summed E-state index contributed by atoms with van der Waals surface area (Å²) >= 11 is 0. The maximum Gasteiger partial charge on any atom is 0.397 e. The summed E-state index contributed by atoms with van der Waals surface area (Å²) in [5.74, 6) is -0.813. The molecule has 0 spiro atoms. The van der Waals surface area contributed by atoms with E-state index in [4.69, 9.17) is 0 Å². The van der Waals surface area contributed by atoms with Gasteiger partial charge in [-0.05, 0) is 40.0 Å². The van der Waals surface area contributed by atoms with Crippen molar-refractivity contribution in [3.63, 3.8) is 0 Å². The smallest absolute Gasteiger partial charge is 0.340 e. The molecule has 21 heavy (non-hydrogen) atoms. The van der Waals surface area contributed by atoms with E-state index in [1.54, 1.807) is 0 Å². The largest absolute Gasteiger partial charge is 0.397 e. The van der Waals surface area contributed by atoms with E-state index < -0.39 is 18.5 Å². The second-order valence-electron chi connectivity index (χ2n) is 5.86. The minimum absolute atomic E-state index is 0.189. The van der Waals surface area contributed by atoms with Crippen LogP contribution in [0.3, 0.4) is 0 Å². The van der Waals surface area contributed by atoms with Crippen LogP contribution in [0.15, 0.2) is 0 Å². The van der Waals surface area contributed by atoms with Crippen LogP contribution in [-0.4, -0.2) is 79.6 Å². The summed E-state index contributed by atoms with van der Waals surface area (Å²) in [5, 5.41) is 0. The van der Waals surface area contributed by atoms with Gasteiger partial charge in [-0.2, -0.15) is 13.2 Å². The average Bonchev–Trinajstić information content (AvgIpc) is 2.78. The topological polar surface area (TPSA) is 26.8 Å². The number of nitrogens with zero attached hydrogens (tertiary/aromatic N) is 3. The Bertz CT molecular complexity index is 334. The van der Waals surface area contributed by atoms with Gasteiger partial charge in [0.25, 0.3) is 0 Å². The Hall–Kier alpha value is -0.820. The van der Waals surface area contributed by atoms with Crippen molar-refractivity contribution in [1.29, 1.82) is 0 Å². The molecule has 1 saturated heterocycles. The summed E-state index contributed by atoms with van der Waals surface area (Å²) in [6.45, 7) is 5.20. The van der Waals surface area contributed by atoms with Crippen LogP contribution in [0, 0.1) is 0 Å². The zero-order valence-electron chi connectivity index (χ0n) is 13.1. The van der Waals surface area contributed by atoms with E-state index in [1.165, 1.54) is 4.90 Å². The molecule has 4 nitrogen and oxygen atoms in total. The van der Waals surface area contributed by atoms with Crippen LogP contribution in [0.4, 0.5) is 13.2 Å². The van der Waals surface area contributed by atoms with Gasteiger partial charge in [-0.25, -0.2) is 0 Å². The molecule has 0 saturated carbocycles. The van der Waals surface area contributed by atoms with E-state index in [-0.39, 0.29) is 6.04 Å². The van der Waals surface area contributed by atoms with Gasteiger partial charge in [-0.15, -0.1) is 0 Å². The van der Waals surface area contributed by atoms with Gasteiger partial charge in [0.05, 0.1) is 0 Å². The first kappa shape index (κ1) is 18.2. The standard InChI is InChI=1S/C14H26F3N3O/c1-4-19-7-5-6-12(19)11-20(9-8-18(2)3)13(21)10-14(15,16)17/h12H,4-11H2,1-3H3/t12-/m1/s1. The van der Waals surface area contributed by atoms with Gasteiger partial charge in [-0.1, -0.05) is 6.92 Å². The summed E-state index contributed by atoms with van der Waals surface area (Å²) in [5.41, 5.74) is 0. The lowest BCUT2D eigenvalue weighted by Crippen LogP contribution is -2.46. The second-order valence-corrected chi connectivity index (χ2v) is 5.86. The maximum atomic E-state index is 12.5. The molecule has 0 aromatic heterocycles. The van der Waals surface area contributed by atoms with E-state index in [0.717, 1.165) is 25.9 Å². The summed E-state index contributed by atoms with van der Waals surface area (Å²) in [4.78, 5) is 17.4. The number of halogens is 3. The van der Waals surface area contributed by atoms with Crippen molar-refractivity contribution in [2.45, 2.75) is 38.4 Å². The number of alkyl halides is 3. The van der Waals surface area contributed by atoms with Crippen molar-refractivity contribution >= 4 is 5.91 Å². The SMILES string of the molecule is CCN1CCC[C@@H]1CN(CCN(C)C)C(=O)CC(F)(F)F. The van der Waals surface area contributed by atoms with Crippen LogP contribution in [-0.2, 0) is 4.79 Å². The molecule has 1 fully saturated rings. The Morgan fingerprint density at radius 1 is 1.29 bits per heavy atom. The average molecular weight is 309 g/mol. The van der Waals surface area contributed by atoms with Crippen LogP contribution in [0.25, 0.3) is 0 Å². The van der Waals surface area contributed by atoms with Gasteiger partial charge in [-0.3, -0.25) is 9.69 Å². The lowest BCUT2D eigenvalue weighted by molar-refractivity contribution is -0.162. The van der Waals surface area contributed by atoms with Crippen molar-refractivity contribution in [2.24, 2.45) is 0 Å². The number of amides is 1. The molecular weight excluding hydrogens is 283 g/mol. The van der Waals surface area contributed by atoms with Crippen molar-refractivity contribution in [1.82, 2.24) is 14.7 Å². The van der Waals surface area contributed by atoms with Gasteiger partial charge >= 0.3 is 6.18 Å². The van der Waals surface area contributed by atoms with Crippen LogP contribution >= 0.6 is 0 Å². The molecule has 0 radical (unpaired) electrons. The van der Waals surface area contributed by atoms with E-state index in [0.29, 0.717) is 19.6 Å². The first-order valence-electron chi connectivity index (χ1n) is 7.46. The number of carbonyl (C=O) groups is 1. The molecule has 0 bridgehead atoms. The highest BCUT2D eigenvalue weighted by molar-refractivity contribution is 5.76. The summed E-state index contributed by atoms with van der Waals surface area (Å²) in [6.07, 6.45) is -3.80. The molecule has 0 N–H and O–H groups in total. The fourth-order valence-corrected chi connectivity index (χ4v) is 2.69. The molecule has 7 heteroatoms. The quantitative estimate of drug-likeness (QED) is 0.718. The Morgan fingerprint density at radius 2 is 1.95 bits per heavy atom. The molecule has 1 aliphatic heterocycles. The van der Waals surface area contributed by atoms with Gasteiger partial charge in [0.15, 0.2) is 0 Å². The Labute approximate surface area is 124 Å². The van der Waals surface area contributed by atoms with Crippen LogP contribution in [0.1, 0.15) is 26.2 Å². The zero-order chi connectivity index (χ0) is 16.0. The molecule has 1 aliphatic rings. The van der Waals surface area contributed by atoms with Gasteiger partial charge in [0.2, 0.25) is 5.91 Å². The fourth-order valence-electron chi connectivity index (χ4n) is 2.69. The number of rotatable bonds is 7. The minimum atomic E-state index is -4.44. The van der Waals surface area contributed by atoms with Crippen LogP contribution in [0.2, 0.25) is 0 Å². The van der Waals surface area contributed by atoms with Crippen molar-refractivity contribution in [3.8, 4) is 0 Å². The summed E-state index contributed by atoms with van der Waals surface area (Å²) in [7, 11) is 3.70. The molecule has 0 aromatic carbocycles. The molecular formula is C14H26F3N3O. The highest BCUT2D eigenvalue weighted by atomic mass is 19.4. The van der Waals surface area contributed by atoms with E-state index >= 15 is 0 Å². The summed E-state index contributed by atoms with van der Waals surface area (Å²) in [6, 6.07) is 0.189. The van der Waals surface area contributed by atoms with Gasteiger partial charge < -0.3 is 9.80 Å². The van der Waals surface area contributed by atoms with Crippen molar-refractivity contribution < 1.29 is 18.0 Å². The lowest BCUT2D eigenvalue weighted by Gasteiger charge is -2.31.